The minimum atomic E-state index is -1.02. The normalized spacial score (nSPS) is 26.8. The van der Waals surface area contributed by atoms with Gasteiger partial charge < -0.3 is 15.2 Å². The van der Waals surface area contributed by atoms with E-state index in [1.165, 1.54) is 25.7 Å². The summed E-state index contributed by atoms with van der Waals surface area (Å²) in [5.41, 5.74) is 0.563. The Morgan fingerprint density at radius 2 is 1.95 bits per heavy atom. The van der Waals surface area contributed by atoms with Crippen molar-refractivity contribution in [3.8, 4) is 5.75 Å². The molecule has 2 unspecified atom stereocenters. The number of carbonyl (C=O) groups excluding carboxylic acids is 1. The zero-order valence-electron chi connectivity index (χ0n) is 11.3. The summed E-state index contributed by atoms with van der Waals surface area (Å²) in [4.78, 5) is 23.2. The highest BCUT2D eigenvalue weighted by Crippen LogP contribution is 2.54. The second-order valence-electron chi connectivity index (χ2n) is 5.63. The fraction of sp³-hybridized carbons (Fsp3) is 0.467. The Morgan fingerprint density at radius 1 is 1.25 bits per heavy atom. The Bertz CT molecular complexity index is 559. The highest BCUT2D eigenvalue weighted by Gasteiger charge is 2.48. The third-order valence-corrected chi connectivity index (χ3v) is 4.32. The number of aromatic carboxylic acids is 1. The summed E-state index contributed by atoms with van der Waals surface area (Å²) in [5, 5.41) is 11.8. The average molecular weight is 275 g/mol. The van der Waals surface area contributed by atoms with Crippen LogP contribution >= 0.6 is 0 Å². The molecular formula is C15H17NO4. The van der Waals surface area contributed by atoms with E-state index in [-0.39, 0.29) is 17.4 Å². The molecule has 2 saturated carbocycles. The fourth-order valence-corrected chi connectivity index (χ4v) is 3.10. The van der Waals surface area contributed by atoms with Gasteiger partial charge in [-0.05, 0) is 49.3 Å². The molecule has 0 aromatic heterocycles. The molecule has 1 aromatic rings. The maximum absolute atomic E-state index is 12.2. The van der Waals surface area contributed by atoms with Crippen LogP contribution in [0.5, 0.6) is 5.75 Å². The number of carbonyl (C=O) groups is 2. The largest absolute Gasteiger partial charge is 0.495 e. The lowest BCUT2D eigenvalue weighted by atomic mass is 10.0. The molecule has 2 fully saturated rings. The first-order chi connectivity index (χ1) is 9.58. The molecule has 1 aromatic carbocycles. The van der Waals surface area contributed by atoms with Crippen molar-refractivity contribution in [1.82, 2.24) is 0 Å². The number of nitrogens with one attached hydrogen (secondary N) is 1. The smallest absolute Gasteiger partial charge is 0.335 e. The Morgan fingerprint density at radius 3 is 2.55 bits per heavy atom. The first-order valence-electron chi connectivity index (χ1n) is 6.80. The molecule has 2 atom stereocenters. The van der Waals surface area contributed by atoms with Crippen molar-refractivity contribution in [2.75, 3.05) is 12.4 Å². The molecule has 5 nitrogen and oxygen atoms in total. The number of hydrogen-bond acceptors (Lipinski definition) is 3. The number of carboxylic acid groups (broad SMARTS) is 1. The molecule has 20 heavy (non-hydrogen) atoms. The second kappa shape index (κ2) is 4.81. The highest BCUT2D eigenvalue weighted by molar-refractivity contribution is 5.96. The molecule has 0 spiro atoms. The second-order valence-corrected chi connectivity index (χ2v) is 5.63. The number of benzene rings is 1. The monoisotopic (exact) mass is 275 g/mol. The van der Waals surface area contributed by atoms with Crippen molar-refractivity contribution in [1.29, 1.82) is 0 Å². The summed E-state index contributed by atoms with van der Waals surface area (Å²) in [7, 11) is 1.50. The van der Waals surface area contributed by atoms with E-state index in [4.69, 9.17) is 9.84 Å². The topological polar surface area (TPSA) is 75.6 Å². The standard InChI is InChI=1S/C15H17NO4/c1-20-13-3-2-8(15(18)19)7-12(13)16-14(17)11-5-9-4-10(9)6-11/h2-3,7,9-11H,4-6H2,1H3,(H,16,17)(H,18,19). The van der Waals surface area contributed by atoms with Crippen molar-refractivity contribution >= 4 is 17.6 Å². The molecule has 0 aliphatic heterocycles. The van der Waals surface area contributed by atoms with Gasteiger partial charge in [-0.3, -0.25) is 4.79 Å². The molecule has 2 aliphatic rings. The van der Waals surface area contributed by atoms with Gasteiger partial charge in [0.15, 0.2) is 0 Å². The molecular weight excluding hydrogens is 258 g/mol. The van der Waals surface area contributed by atoms with Gasteiger partial charge in [-0.2, -0.15) is 0 Å². The van der Waals surface area contributed by atoms with E-state index < -0.39 is 5.97 Å². The lowest BCUT2D eigenvalue weighted by molar-refractivity contribution is -0.120. The summed E-state index contributed by atoms with van der Waals surface area (Å²) < 4.78 is 5.17. The van der Waals surface area contributed by atoms with Crippen molar-refractivity contribution in [3.05, 3.63) is 23.8 Å². The zero-order valence-corrected chi connectivity index (χ0v) is 11.3. The number of rotatable bonds is 4. The predicted molar refractivity (Wildman–Crippen MR) is 72.9 cm³/mol. The minimum Gasteiger partial charge on any atom is -0.495 e. The molecule has 5 heteroatoms. The molecule has 106 valence electrons. The van der Waals surface area contributed by atoms with E-state index in [1.807, 2.05) is 0 Å². The quantitative estimate of drug-likeness (QED) is 0.884. The average Bonchev–Trinajstić information content (AvgIpc) is 3.04. The number of amides is 1. The van der Waals surface area contributed by atoms with Crippen molar-refractivity contribution in [3.63, 3.8) is 0 Å². The van der Waals surface area contributed by atoms with Gasteiger partial charge in [0.1, 0.15) is 5.75 Å². The molecule has 0 bridgehead atoms. The van der Waals surface area contributed by atoms with Crippen molar-refractivity contribution in [2.24, 2.45) is 17.8 Å². The minimum absolute atomic E-state index is 0.0296. The highest BCUT2D eigenvalue weighted by atomic mass is 16.5. The van der Waals surface area contributed by atoms with Crippen LogP contribution < -0.4 is 10.1 Å². The van der Waals surface area contributed by atoms with Crippen molar-refractivity contribution < 1.29 is 19.4 Å². The Labute approximate surface area is 116 Å². The van der Waals surface area contributed by atoms with Crippen molar-refractivity contribution in [2.45, 2.75) is 19.3 Å². The number of carboxylic acids is 1. The molecule has 2 aliphatic carbocycles. The summed E-state index contributed by atoms with van der Waals surface area (Å²) in [5.74, 6) is 0.947. The van der Waals surface area contributed by atoms with E-state index in [0.29, 0.717) is 11.4 Å². The van der Waals surface area contributed by atoms with Gasteiger partial charge in [-0.1, -0.05) is 0 Å². The van der Waals surface area contributed by atoms with Crippen LogP contribution in [0.3, 0.4) is 0 Å². The third-order valence-electron chi connectivity index (χ3n) is 4.32. The van der Waals surface area contributed by atoms with Crippen LogP contribution in [0.2, 0.25) is 0 Å². The van der Waals surface area contributed by atoms with Crippen LogP contribution in [0.1, 0.15) is 29.6 Å². The zero-order chi connectivity index (χ0) is 14.3. The maximum Gasteiger partial charge on any atom is 0.335 e. The Balaban J connectivity index is 1.76. The van der Waals surface area contributed by atoms with Gasteiger partial charge in [0.05, 0.1) is 18.4 Å². The number of methoxy groups -OCH3 is 1. The first-order valence-corrected chi connectivity index (χ1v) is 6.80. The Kier molecular flexibility index (Phi) is 3.12. The lowest BCUT2D eigenvalue weighted by Crippen LogP contribution is -2.22. The van der Waals surface area contributed by atoms with Crippen LogP contribution in [0.4, 0.5) is 5.69 Å². The fourth-order valence-electron chi connectivity index (χ4n) is 3.10. The van der Waals surface area contributed by atoms with Crippen LogP contribution in [-0.4, -0.2) is 24.1 Å². The van der Waals surface area contributed by atoms with E-state index in [2.05, 4.69) is 5.32 Å². The number of hydrogen-bond donors (Lipinski definition) is 2. The number of fused-ring (bicyclic) bond motifs is 1. The first kappa shape index (κ1) is 13.0. The summed E-state index contributed by atoms with van der Waals surface area (Å²) in [6.45, 7) is 0. The molecule has 0 radical (unpaired) electrons. The summed E-state index contributed by atoms with van der Waals surface area (Å²) in [6, 6.07) is 4.46. The molecule has 0 heterocycles. The molecule has 2 N–H and O–H groups in total. The van der Waals surface area contributed by atoms with Crippen LogP contribution in [0, 0.1) is 17.8 Å². The van der Waals surface area contributed by atoms with E-state index >= 15 is 0 Å². The SMILES string of the molecule is COc1ccc(C(=O)O)cc1NC(=O)C1CC2CC2C1. The number of anilines is 1. The number of ether oxygens (including phenoxy) is 1. The molecule has 3 rings (SSSR count). The summed E-state index contributed by atoms with van der Waals surface area (Å²) in [6.07, 6.45) is 3.18. The van der Waals surface area contributed by atoms with Crippen LogP contribution in [0.15, 0.2) is 18.2 Å². The van der Waals surface area contributed by atoms with Crippen LogP contribution in [0.25, 0.3) is 0 Å². The molecule has 0 saturated heterocycles. The van der Waals surface area contributed by atoms with Gasteiger partial charge in [0.2, 0.25) is 5.91 Å². The maximum atomic E-state index is 12.2. The van der Waals surface area contributed by atoms with Gasteiger partial charge in [-0.15, -0.1) is 0 Å². The van der Waals surface area contributed by atoms with Gasteiger partial charge in [-0.25, -0.2) is 4.79 Å². The van der Waals surface area contributed by atoms with Gasteiger partial charge >= 0.3 is 5.97 Å². The summed E-state index contributed by atoms with van der Waals surface area (Å²) >= 11 is 0. The van der Waals surface area contributed by atoms with Crippen LogP contribution in [-0.2, 0) is 4.79 Å². The lowest BCUT2D eigenvalue weighted by Gasteiger charge is -2.15. The van der Waals surface area contributed by atoms with Gasteiger partial charge in [0, 0.05) is 5.92 Å². The molecule has 1 amide bonds. The van der Waals surface area contributed by atoms with E-state index in [0.717, 1.165) is 24.7 Å². The van der Waals surface area contributed by atoms with Gasteiger partial charge in [0.25, 0.3) is 0 Å². The third kappa shape index (κ3) is 2.35. The van der Waals surface area contributed by atoms with E-state index in [1.54, 1.807) is 6.07 Å². The predicted octanol–water partition coefficient (Wildman–Crippen LogP) is 2.38. The Hall–Kier alpha value is -2.04. The van der Waals surface area contributed by atoms with E-state index in [9.17, 15) is 9.59 Å².